The van der Waals surface area contributed by atoms with Crippen LogP contribution < -0.4 is 0 Å². The minimum Gasteiger partial charge on any atom is -0.726 e. The Hall–Kier alpha value is -0.170. The summed E-state index contributed by atoms with van der Waals surface area (Å²) in [4.78, 5) is 0. The van der Waals surface area contributed by atoms with Crippen molar-refractivity contribution in [3.05, 3.63) is 0 Å². The normalized spacial score (nSPS) is 11.9. The van der Waals surface area contributed by atoms with Gasteiger partial charge < -0.3 is 9.04 Å². The van der Waals surface area contributed by atoms with Crippen LogP contribution in [0, 0.1) is 0 Å². The highest BCUT2D eigenvalue weighted by atomic mass is 32.3. The molecule has 0 atom stereocenters. The van der Waals surface area contributed by atoms with Crippen LogP contribution in [0.3, 0.4) is 0 Å². The minimum atomic E-state index is -4.47. The first kappa shape index (κ1) is 23.1. The van der Waals surface area contributed by atoms with E-state index >= 15 is 0 Å². The van der Waals surface area contributed by atoms with Crippen LogP contribution >= 0.6 is 0 Å². The van der Waals surface area contributed by atoms with Gasteiger partial charge in [0.25, 0.3) is 0 Å². The molecular formula is C15H35NO4S. The highest BCUT2D eigenvalue weighted by molar-refractivity contribution is 7.80. The van der Waals surface area contributed by atoms with Crippen molar-refractivity contribution in [2.75, 3.05) is 34.3 Å². The molecule has 0 aliphatic rings. The van der Waals surface area contributed by atoms with E-state index in [4.69, 9.17) is 0 Å². The molecule has 0 heterocycles. The van der Waals surface area contributed by atoms with Gasteiger partial charge in [-0.2, -0.15) is 0 Å². The zero-order chi connectivity index (χ0) is 16.8. The van der Waals surface area contributed by atoms with Crippen molar-refractivity contribution < 1.29 is 21.6 Å². The average Bonchev–Trinajstić information content (AvgIpc) is 2.34. The van der Waals surface area contributed by atoms with Gasteiger partial charge in [0.15, 0.2) is 0 Å². The lowest BCUT2D eigenvalue weighted by molar-refractivity contribution is -0.870. The second-order valence-electron chi connectivity index (χ2n) is 6.37. The second kappa shape index (κ2) is 13.5. The van der Waals surface area contributed by atoms with Gasteiger partial charge in [-0.15, -0.1) is 0 Å². The molecule has 0 unspecified atom stereocenters. The third kappa shape index (κ3) is 28.7. The zero-order valence-electron chi connectivity index (χ0n) is 14.6. The number of hydrogen-bond donors (Lipinski definition) is 0. The molecule has 0 rings (SSSR count). The predicted molar refractivity (Wildman–Crippen MR) is 86.8 cm³/mol. The molecule has 0 amide bonds. The summed E-state index contributed by atoms with van der Waals surface area (Å²) in [7, 11) is 2.22. The number of unbranched alkanes of at least 4 members (excludes halogenated alkanes) is 6. The molecule has 0 spiro atoms. The van der Waals surface area contributed by atoms with Gasteiger partial charge in [-0.05, 0) is 12.8 Å². The monoisotopic (exact) mass is 325 g/mol. The second-order valence-corrected chi connectivity index (χ2v) is 7.42. The average molecular weight is 326 g/mol. The molecule has 6 heteroatoms. The van der Waals surface area contributed by atoms with Crippen LogP contribution in [-0.2, 0) is 14.6 Å². The summed E-state index contributed by atoms with van der Waals surface area (Å²) in [6.07, 6.45) is 8.88. The van der Waals surface area contributed by atoms with Gasteiger partial charge in [0.1, 0.15) is 0 Å². The summed E-state index contributed by atoms with van der Waals surface area (Å²) in [5.41, 5.74) is 0. The molecule has 0 N–H and O–H groups in total. The van der Waals surface area contributed by atoms with Gasteiger partial charge in [-0.25, -0.2) is 8.42 Å². The molecule has 0 bridgehead atoms. The first-order valence-electron chi connectivity index (χ1n) is 8.03. The zero-order valence-corrected chi connectivity index (χ0v) is 15.4. The largest absolute Gasteiger partial charge is 0.726 e. The summed E-state index contributed by atoms with van der Waals surface area (Å²) in [5, 5.41) is 0. The lowest BCUT2D eigenvalue weighted by Crippen LogP contribution is -2.35. The fraction of sp³-hybridized carbons (Fsp3) is 1.00. The van der Waals surface area contributed by atoms with Crippen LogP contribution in [0.25, 0.3) is 0 Å². The summed E-state index contributed by atoms with van der Waals surface area (Å²) in [6, 6.07) is 0. The first-order chi connectivity index (χ1) is 9.62. The van der Waals surface area contributed by atoms with Crippen LogP contribution in [0.5, 0.6) is 0 Å². The van der Waals surface area contributed by atoms with Gasteiger partial charge in [0.2, 0.25) is 10.4 Å². The highest BCUT2D eigenvalue weighted by Crippen LogP contribution is 2.05. The van der Waals surface area contributed by atoms with E-state index < -0.39 is 10.4 Å². The van der Waals surface area contributed by atoms with E-state index in [0.29, 0.717) is 6.42 Å². The molecule has 130 valence electrons. The number of nitrogens with zero attached hydrogens (tertiary/aromatic N) is 1. The fourth-order valence-corrected chi connectivity index (χ4v) is 2.00. The highest BCUT2D eigenvalue weighted by Gasteiger charge is 2.03. The van der Waals surface area contributed by atoms with Crippen LogP contribution in [0.1, 0.15) is 65.2 Å². The first-order valence-corrected chi connectivity index (χ1v) is 9.36. The van der Waals surface area contributed by atoms with Crippen molar-refractivity contribution in [1.29, 1.82) is 0 Å². The Bertz CT molecular complexity index is 310. The molecule has 0 aromatic heterocycles. The number of quaternary nitrogens is 1. The molecule has 0 radical (unpaired) electrons. The number of rotatable bonds is 11. The lowest BCUT2D eigenvalue weighted by atomic mass is 10.1. The third-order valence-corrected chi connectivity index (χ3v) is 3.36. The SMILES string of the molecule is CCCCCCCCOS(=O)(=O)[O-].CCCC[N+](C)(C)C. The van der Waals surface area contributed by atoms with Gasteiger partial charge >= 0.3 is 0 Å². The molecular weight excluding hydrogens is 290 g/mol. The maximum absolute atomic E-state index is 9.99. The topological polar surface area (TPSA) is 66.4 Å². The maximum Gasteiger partial charge on any atom is 0.217 e. The van der Waals surface area contributed by atoms with Gasteiger partial charge in [-0.1, -0.05) is 52.4 Å². The molecule has 0 saturated carbocycles. The standard InChI is InChI=1S/C8H18O4S.C7H18N/c1-2-3-4-5-6-7-8-12-13(9,10)11;1-5-6-7-8(2,3)4/h2-8H2,1H3,(H,9,10,11);5-7H2,1-4H3/q;+1/p-1. The van der Waals surface area contributed by atoms with Gasteiger partial charge in [-0.3, -0.25) is 4.18 Å². The quantitative estimate of drug-likeness (QED) is 0.253. The Morgan fingerprint density at radius 1 is 0.857 bits per heavy atom. The summed E-state index contributed by atoms with van der Waals surface area (Å²) in [5.74, 6) is 0. The van der Waals surface area contributed by atoms with Crippen LogP contribution in [0.4, 0.5) is 0 Å². The van der Waals surface area contributed by atoms with Gasteiger partial charge in [0.05, 0.1) is 34.3 Å². The van der Waals surface area contributed by atoms with Crippen molar-refractivity contribution in [2.24, 2.45) is 0 Å². The molecule has 0 aromatic carbocycles. The van der Waals surface area contributed by atoms with Crippen LogP contribution in [0.15, 0.2) is 0 Å². The van der Waals surface area contributed by atoms with Crippen LogP contribution in [0.2, 0.25) is 0 Å². The Labute approximate surface area is 132 Å². The van der Waals surface area contributed by atoms with E-state index in [1.807, 2.05) is 0 Å². The van der Waals surface area contributed by atoms with E-state index in [-0.39, 0.29) is 6.61 Å². The smallest absolute Gasteiger partial charge is 0.217 e. The molecule has 0 aliphatic heterocycles. The summed E-state index contributed by atoms with van der Waals surface area (Å²) >= 11 is 0. The van der Waals surface area contributed by atoms with E-state index in [9.17, 15) is 13.0 Å². The van der Waals surface area contributed by atoms with Crippen molar-refractivity contribution in [2.45, 2.75) is 65.2 Å². The Morgan fingerprint density at radius 2 is 1.33 bits per heavy atom. The molecule has 0 aliphatic carbocycles. The Kier molecular flexibility index (Phi) is 14.8. The summed E-state index contributed by atoms with van der Waals surface area (Å²) in [6.45, 7) is 5.69. The van der Waals surface area contributed by atoms with Crippen molar-refractivity contribution >= 4 is 10.4 Å². The van der Waals surface area contributed by atoms with Crippen molar-refractivity contribution in [3.8, 4) is 0 Å². The molecule has 0 aromatic rings. The third-order valence-electron chi connectivity index (χ3n) is 2.91. The Balaban J connectivity index is 0. The fourth-order valence-electron chi connectivity index (χ4n) is 1.68. The number of hydrogen-bond acceptors (Lipinski definition) is 4. The van der Waals surface area contributed by atoms with E-state index in [1.54, 1.807) is 0 Å². The minimum absolute atomic E-state index is 0.0258. The lowest BCUT2D eigenvalue weighted by Gasteiger charge is -2.23. The van der Waals surface area contributed by atoms with Crippen LogP contribution in [-0.4, -0.2) is 51.7 Å². The molecule has 0 fully saturated rings. The molecule has 0 saturated heterocycles. The van der Waals surface area contributed by atoms with Crippen molar-refractivity contribution in [3.63, 3.8) is 0 Å². The van der Waals surface area contributed by atoms with Crippen molar-refractivity contribution in [1.82, 2.24) is 0 Å². The summed E-state index contributed by atoms with van der Waals surface area (Å²) < 4.78 is 35.1. The Morgan fingerprint density at radius 3 is 1.71 bits per heavy atom. The molecule has 5 nitrogen and oxygen atoms in total. The van der Waals surface area contributed by atoms with E-state index in [1.165, 1.54) is 38.6 Å². The van der Waals surface area contributed by atoms with E-state index in [0.717, 1.165) is 17.3 Å². The predicted octanol–water partition coefficient (Wildman–Crippen LogP) is 3.32. The maximum atomic E-state index is 9.99. The van der Waals surface area contributed by atoms with Gasteiger partial charge in [0, 0.05) is 0 Å². The van der Waals surface area contributed by atoms with E-state index in [2.05, 4.69) is 39.2 Å². The molecule has 21 heavy (non-hydrogen) atoms.